The zero-order chi connectivity index (χ0) is 17.1. The van der Waals surface area contributed by atoms with E-state index < -0.39 is 17.9 Å². The Balaban J connectivity index is 1.98. The van der Waals surface area contributed by atoms with Gasteiger partial charge in [0.05, 0.1) is 0 Å². The van der Waals surface area contributed by atoms with Gasteiger partial charge in [0.1, 0.15) is 11.5 Å². The molecule has 1 aromatic heterocycles. The Morgan fingerprint density at radius 2 is 2.04 bits per heavy atom. The smallest absolute Gasteiger partial charge is 0.396 e. The summed E-state index contributed by atoms with van der Waals surface area (Å²) in [4.78, 5) is 17.1. The van der Waals surface area contributed by atoms with Crippen molar-refractivity contribution in [3.63, 3.8) is 0 Å². The minimum atomic E-state index is -4.55. The van der Waals surface area contributed by atoms with Crippen molar-refractivity contribution in [1.82, 2.24) is 9.88 Å². The Morgan fingerprint density at radius 1 is 1.39 bits per heavy atom. The molecular weight excluding hydrogens is 311 g/mol. The molecule has 8 heteroatoms. The monoisotopic (exact) mass is 331 g/mol. The lowest BCUT2D eigenvalue weighted by Crippen LogP contribution is -2.46. The fourth-order valence-corrected chi connectivity index (χ4v) is 2.66. The standard InChI is InChI=1S/C15H20F3N3O2/c1-2-14(10-22)6-8-21(9-7-14)13(23)20-12-5-3-4-11(19-12)15(16,17)18/h3-5,22H,2,6-10H2,1H3,(H,19,20,23). The first-order chi connectivity index (χ1) is 10.8. The summed E-state index contributed by atoms with van der Waals surface area (Å²) in [6, 6.07) is 2.91. The first-order valence-corrected chi connectivity index (χ1v) is 7.51. The van der Waals surface area contributed by atoms with Crippen LogP contribution in [0.3, 0.4) is 0 Å². The predicted molar refractivity (Wildman–Crippen MR) is 78.9 cm³/mol. The molecule has 2 rings (SSSR count). The van der Waals surface area contributed by atoms with E-state index >= 15 is 0 Å². The molecule has 1 aromatic rings. The van der Waals surface area contributed by atoms with Crippen LogP contribution in [0.4, 0.5) is 23.8 Å². The Hall–Kier alpha value is -1.83. The van der Waals surface area contributed by atoms with Crippen LogP contribution < -0.4 is 5.32 Å². The van der Waals surface area contributed by atoms with E-state index in [2.05, 4.69) is 10.3 Å². The van der Waals surface area contributed by atoms with Gasteiger partial charge in [-0.2, -0.15) is 13.2 Å². The molecule has 23 heavy (non-hydrogen) atoms. The summed E-state index contributed by atoms with van der Waals surface area (Å²) in [5.41, 5.74) is -1.20. The number of aliphatic hydroxyl groups excluding tert-OH is 1. The van der Waals surface area contributed by atoms with Crippen LogP contribution >= 0.6 is 0 Å². The first kappa shape index (κ1) is 17.5. The highest BCUT2D eigenvalue weighted by molar-refractivity contribution is 5.88. The summed E-state index contributed by atoms with van der Waals surface area (Å²) in [5, 5.41) is 11.9. The maximum absolute atomic E-state index is 12.6. The van der Waals surface area contributed by atoms with E-state index in [0.717, 1.165) is 12.5 Å². The summed E-state index contributed by atoms with van der Waals surface area (Å²) in [7, 11) is 0. The van der Waals surface area contributed by atoms with Gasteiger partial charge in [-0.05, 0) is 36.8 Å². The molecule has 1 fully saturated rings. The highest BCUT2D eigenvalue weighted by Crippen LogP contribution is 2.34. The molecular formula is C15H20F3N3O2. The van der Waals surface area contributed by atoms with Gasteiger partial charge in [-0.25, -0.2) is 9.78 Å². The van der Waals surface area contributed by atoms with Gasteiger partial charge in [0, 0.05) is 19.7 Å². The van der Waals surface area contributed by atoms with Crippen molar-refractivity contribution in [2.45, 2.75) is 32.4 Å². The topological polar surface area (TPSA) is 65.5 Å². The van der Waals surface area contributed by atoms with E-state index in [9.17, 15) is 23.1 Å². The second-order valence-electron chi connectivity index (χ2n) is 5.83. The number of likely N-dealkylation sites (tertiary alicyclic amines) is 1. The number of halogens is 3. The molecule has 0 aliphatic carbocycles. The van der Waals surface area contributed by atoms with Gasteiger partial charge < -0.3 is 10.0 Å². The Bertz CT molecular complexity index is 549. The molecule has 2 heterocycles. The van der Waals surface area contributed by atoms with Crippen molar-refractivity contribution in [2.75, 3.05) is 25.0 Å². The van der Waals surface area contributed by atoms with E-state index in [1.807, 2.05) is 6.92 Å². The number of piperidine rings is 1. The van der Waals surface area contributed by atoms with Crippen LogP contribution in [0, 0.1) is 5.41 Å². The number of amides is 2. The molecule has 1 aliphatic heterocycles. The SMILES string of the molecule is CCC1(CO)CCN(C(=O)Nc2cccc(C(F)(F)F)n2)CC1. The molecule has 1 aliphatic rings. The lowest BCUT2D eigenvalue weighted by atomic mass is 9.77. The second-order valence-corrected chi connectivity index (χ2v) is 5.83. The number of hydrogen-bond donors (Lipinski definition) is 2. The summed E-state index contributed by atoms with van der Waals surface area (Å²) in [5.74, 6) is -0.126. The van der Waals surface area contributed by atoms with Crippen molar-refractivity contribution in [2.24, 2.45) is 5.41 Å². The third-order valence-electron chi connectivity index (χ3n) is 4.47. The van der Waals surface area contributed by atoms with Gasteiger partial charge in [0.15, 0.2) is 0 Å². The van der Waals surface area contributed by atoms with Gasteiger partial charge in [-0.3, -0.25) is 5.32 Å². The summed E-state index contributed by atoms with van der Waals surface area (Å²) in [6.45, 7) is 2.99. The number of carbonyl (C=O) groups is 1. The third kappa shape index (κ3) is 4.13. The van der Waals surface area contributed by atoms with Gasteiger partial charge in [-0.15, -0.1) is 0 Å². The van der Waals surface area contributed by atoms with Gasteiger partial charge in [0.2, 0.25) is 0 Å². The minimum absolute atomic E-state index is 0.0775. The van der Waals surface area contributed by atoms with Crippen molar-refractivity contribution in [3.05, 3.63) is 23.9 Å². The Morgan fingerprint density at radius 3 is 2.57 bits per heavy atom. The number of aliphatic hydroxyl groups is 1. The van der Waals surface area contributed by atoms with Crippen molar-refractivity contribution < 1.29 is 23.1 Å². The largest absolute Gasteiger partial charge is 0.433 e. The zero-order valence-electron chi connectivity index (χ0n) is 12.9. The van der Waals surface area contributed by atoms with Crippen molar-refractivity contribution in [3.8, 4) is 0 Å². The van der Waals surface area contributed by atoms with E-state index in [-0.39, 0.29) is 17.8 Å². The van der Waals surface area contributed by atoms with Crippen LogP contribution in [0.15, 0.2) is 18.2 Å². The van der Waals surface area contributed by atoms with Crippen LogP contribution in [-0.2, 0) is 6.18 Å². The number of nitrogens with one attached hydrogen (secondary N) is 1. The number of pyridine rings is 1. The summed E-state index contributed by atoms with van der Waals surface area (Å²) < 4.78 is 37.8. The Labute approximate surface area is 132 Å². The molecule has 0 bridgehead atoms. The maximum atomic E-state index is 12.6. The molecule has 0 spiro atoms. The number of anilines is 1. The lowest BCUT2D eigenvalue weighted by molar-refractivity contribution is -0.141. The van der Waals surface area contributed by atoms with Crippen LogP contribution in [0.2, 0.25) is 0 Å². The fraction of sp³-hybridized carbons (Fsp3) is 0.600. The quantitative estimate of drug-likeness (QED) is 0.894. The van der Waals surface area contributed by atoms with E-state index in [1.165, 1.54) is 17.0 Å². The van der Waals surface area contributed by atoms with Crippen LogP contribution in [0.5, 0.6) is 0 Å². The first-order valence-electron chi connectivity index (χ1n) is 7.51. The van der Waals surface area contributed by atoms with Crippen molar-refractivity contribution in [1.29, 1.82) is 0 Å². The predicted octanol–water partition coefficient (Wildman–Crippen LogP) is 3.12. The van der Waals surface area contributed by atoms with E-state index in [4.69, 9.17) is 0 Å². The van der Waals surface area contributed by atoms with Crippen LogP contribution in [0.1, 0.15) is 31.9 Å². The number of nitrogens with zero attached hydrogens (tertiary/aromatic N) is 2. The molecule has 2 amide bonds. The lowest BCUT2D eigenvalue weighted by Gasteiger charge is -2.40. The van der Waals surface area contributed by atoms with Crippen molar-refractivity contribution >= 4 is 11.8 Å². The maximum Gasteiger partial charge on any atom is 0.433 e. The van der Waals surface area contributed by atoms with Crippen LogP contribution in [-0.4, -0.2) is 40.7 Å². The number of hydrogen-bond acceptors (Lipinski definition) is 3. The van der Waals surface area contributed by atoms with Crippen LogP contribution in [0.25, 0.3) is 0 Å². The molecule has 2 N–H and O–H groups in total. The average Bonchev–Trinajstić information content (AvgIpc) is 2.54. The van der Waals surface area contributed by atoms with E-state index in [0.29, 0.717) is 25.9 Å². The summed E-state index contributed by atoms with van der Waals surface area (Å²) in [6.07, 6.45) is -2.38. The van der Waals surface area contributed by atoms with Gasteiger partial charge in [0.25, 0.3) is 0 Å². The molecule has 0 radical (unpaired) electrons. The van der Waals surface area contributed by atoms with E-state index in [1.54, 1.807) is 0 Å². The number of alkyl halides is 3. The molecule has 5 nitrogen and oxygen atoms in total. The van der Waals surface area contributed by atoms with Gasteiger partial charge in [-0.1, -0.05) is 13.0 Å². The number of rotatable bonds is 3. The zero-order valence-corrected chi connectivity index (χ0v) is 12.9. The summed E-state index contributed by atoms with van der Waals surface area (Å²) >= 11 is 0. The molecule has 0 unspecified atom stereocenters. The number of aromatic nitrogens is 1. The van der Waals surface area contributed by atoms with Gasteiger partial charge >= 0.3 is 12.2 Å². The molecule has 0 saturated carbocycles. The number of carbonyl (C=O) groups excluding carboxylic acids is 1. The minimum Gasteiger partial charge on any atom is -0.396 e. The normalized spacial score (nSPS) is 17.9. The highest BCUT2D eigenvalue weighted by atomic mass is 19.4. The Kier molecular flexibility index (Phi) is 5.13. The average molecular weight is 331 g/mol. The fourth-order valence-electron chi connectivity index (χ4n) is 2.66. The second kappa shape index (κ2) is 6.74. The highest BCUT2D eigenvalue weighted by Gasteiger charge is 2.35. The number of urea groups is 1. The molecule has 0 aromatic carbocycles. The molecule has 0 atom stereocenters. The third-order valence-corrected chi connectivity index (χ3v) is 4.47. The molecule has 1 saturated heterocycles. The molecule has 128 valence electrons.